The lowest BCUT2D eigenvalue weighted by molar-refractivity contribution is 0.0778. The fourth-order valence-electron chi connectivity index (χ4n) is 3.30. The van der Waals surface area contributed by atoms with Crippen LogP contribution >= 0.6 is 12.4 Å². The molecule has 6 nitrogen and oxygen atoms in total. The molecule has 1 amide bonds. The highest BCUT2D eigenvalue weighted by Crippen LogP contribution is 2.25. The molecule has 1 aromatic heterocycles. The van der Waals surface area contributed by atoms with E-state index in [9.17, 15) is 4.79 Å². The maximum Gasteiger partial charge on any atom is 0.276 e. The highest BCUT2D eigenvalue weighted by Gasteiger charge is 2.30. The quantitative estimate of drug-likeness (QED) is 0.918. The Hall–Kier alpha value is -1.14. The van der Waals surface area contributed by atoms with Crippen LogP contribution in [0.5, 0.6) is 0 Å². The lowest BCUT2D eigenvalue weighted by Crippen LogP contribution is -2.30. The maximum absolute atomic E-state index is 12.5. The number of piperidine rings is 1. The number of nitrogens with zero attached hydrogens (tertiary/aromatic N) is 4. The summed E-state index contributed by atoms with van der Waals surface area (Å²) in [6.07, 6.45) is 5.04. The van der Waals surface area contributed by atoms with E-state index in [2.05, 4.69) is 29.5 Å². The SMILES string of the molecule is CC(C)C1CCN(C(=O)c2cn(C3CCNCC3)nn2)C1.Cl. The van der Waals surface area contributed by atoms with Gasteiger partial charge in [-0.25, -0.2) is 4.68 Å². The van der Waals surface area contributed by atoms with Gasteiger partial charge >= 0.3 is 0 Å². The number of hydrogen-bond donors (Lipinski definition) is 1. The molecule has 2 aliphatic rings. The summed E-state index contributed by atoms with van der Waals surface area (Å²) in [7, 11) is 0. The third-order valence-corrected chi connectivity index (χ3v) is 4.87. The topological polar surface area (TPSA) is 63.1 Å². The van der Waals surface area contributed by atoms with E-state index in [4.69, 9.17) is 0 Å². The summed E-state index contributed by atoms with van der Waals surface area (Å²) in [4.78, 5) is 14.4. The van der Waals surface area contributed by atoms with Crippen molar-refractivity contribution in [2.45, 2.75) is 39.2 Å². The minimum absolute atomic E-state index is 0. The molecule has 3 heterocycles. The molecule has 0 aromatic carbocycles. The van der Waals surface area contributed by atoms with E-state index in [1.165, 1.54) is 0 Å². The molecule has 0 bridgehead atoms. The summed E-state index contributed by atoms with van der Waals surface area (Å²) in [6.45, 7) is 8.18. The summed E-state index contributed by atoms with van der Waals surface area (Å²) < 4.78 is 1.88. The Balaban J connectivity index is 0.00000176. The third kappa shape index (κ3) is 3.60. The number of likely N-dealkylation sites (tertiary alicyclic amines) is 1. The van der Waals surface area contributed by atoms with Crippen LogP contribution in [0.1, 0.15) is 49.6 Å². The lowest BCUT2D eigenvalue weighted by Gasteiger charge is -2.22. The summed E-state index contributed by atoms with van der Waals surface area (Å²) >= 11 is 0. The van der Waals surface area contributed by atoms with Crippen molar-refractivity contribution < 1.29 is 4.79 Å². The predicted octanol–water partition coefficient (Wildman–Crippen LogP) is 1.74. The van der Waals surface area contributed by atoms with Gasteiger partial charge in [0.05, 0.1) is 12.2 Å². The molecule has 3 rings (SSSR count). The average molecular weight is 328 g/mol. The van der Waals surface area contributed by atoms with Crippen LogP contribution in [0.15, 0.2) is 6.20 Å². The van der Waals surface area contributed by atoms with Crippen molar-refractivity contribution in [1.29, 1.82) is 0 Å². The first-order valence-electron chi connectivity index (χ1n) is 8.07. The molecule has 22 heavy (non-hydrogen) atoms. The van der Waals surface area contributed by atoms with Gasteiger partial charge in [0.25, 0.3) is 5.91 Å². The Morgan fingerprint density at radius 1 is 1.32 bits per heavy atom. The fourth-order valence-corrected chi connectivity index (χ4v) is 3.30. The Morgan fingerprint density at radius 3 is 2.68 bits per heavy atom. The fraction of sp³-hybridized carbons (Fsp3) is 0.800. The standard InChI is InChI=1S/C15H25N5O.ClH/c1-11(2)12-5-8-19(9-12)15(21)14-10-20(18-17-14)13-3-6-16-7-4-13;/h10-13,16H,3-9H2,1-2H3;1H. The van der Waals surface area contributed by atoms with Crippen LogP contribution in [0.2, 0.25) is 0 Å². The van der Waals surface area contributed by atoms with Gasteiger partial charge in [-0.2, -0.15) is 0 Å². The molecule has 2 saturated heterocycles. The largest absolute Gasteiger partial charge is 0.337 e. The van der Waals surface area contributed by atoms with Crippen molar-refractivity contribution in [2.75, 3.05) is 26.2 Å². The molecule has 1 aromatic rings. The van der Waals surface area contributed by atoms with Gasteiger partial charge in [-0.05, 0) is 44.2 Å². The van der Waals surface area contributed by atoms with Gasteiger partial charge in [0.15, 0.2) is 5.69 Å². The monoisotopic (exact) mass is 327 g/mol. The minimum atomic E-state index is 0. The average Bonchev–Trinajstić information content (AvgIpc) is 3.17. The lowest BCUT2D eigenvalue weighted by atomic mass is 9.95. The molecule has 124 valence electrons. The summed E-state index contributed by atoms with van der Waals surface area (Å²) in [6, 6.07) is 0.377. The predicted molar refractivity (Wildman–Crippen MR) is 87.3 cm³/mol. The van der Waals surface area contributed by atoms with E-state index in [1.54, 1.807) is 0 Å². The van der Waals surface area contributed by atoms with Gasteiger partial charge in [0.2, 0.25) is 0 Å². The van der Waals surface area contributed by atoms with E-state index in [1.807, 2.05) is 15.8 Å². The van der Waals surface area contributed by atoms with Gasteiger partial charge in [-0.3, -0.25) is 4.79 Å². The van der Waals surface area contributed by atoms with Gasteiger partial charge in [0, 0.05) is 13.1 Å². The second-order valence-corrected chi connectivity index (χ2v) is 6.61. The zero-order valence-corrected chi connectivity index (χ0v) is 14.2. The highest BCUT2D eigenvalue weighted by atomic mass is 35.5. The molecule has 1 unspecified atom stereocenters. The molecule has 7 heteroatoms. The normalized spacial score (nSPS) is 22.9. The maximum atomic E-state index is 12.5. The van der Waals surface area contributed by atoms with Crippen LogP contribution in [0, 0.1) is 11.8 Å². The number of carbonyl (C=O) groups is 1. The molecule has 0 spiro atoms. The van der Waals surface area contributed by atoms with Crippen molar-refractivity contribution >= 4 is 18.3 Å². The number of halogens is 1. The molecule has 1 N–H and O–H groups in total. The first-order chi connectivity index (χ1) is 10.1. The first kappa shape index (κ1) is 17.2. The molecule has 2 aliphatic heterocycles. The van der Waals surface area contributed by atoms with Crippen molar-refractivity contribution in [2.24, 2.45) is 11.8 Å². The number of aromatic nitrogens is 3. The summed E-state index contributed by atoms with van der Waals surface area (Å²) in [5, 5.41) is 11.6. The molecule has 0 radical (unpaired) electrons. The van der Waals surface area contributed by atoms with Gasteiger partial charge in [0.1, 0.15) is 0 Å². The first-order valence-corrected chi connectivity index (χ1v) is 8.07. The molecular weight excluding hydrogens is 302 g/mol. The van der Waals surface area contributed by atoms with Gasteiger partial charge in [-0.15, -0.1) is 17.5 Å². The molecule has 0 saturated carbocycles. The van der Waals surface area contributed by atoms with Crippen molar-refractivity contribution in [3.8, 4) is 0 Å². The van der Waals surface area contributed by atoms with Crippen molar-refractivity contribution in [3.63, 3.8) is 0 Å². The second kappa shape index (κ2) is 7.42. The van der Waals surface area contributed by atoms with Crippen molar-refractivity contribution in [3.05, 3.63) is 11.9 Å². The van der Waals surface area contributed by atoms with E-state index in [0.717, 1.165) is 45.4 Å². The van der Waals surface area contributed by atoms with Gasteiger partial charge < -0.3 is 10.2 Å². The van der Waals surface area contributed by atoms with E-state index in [0.29, 0.717) is 23.6 Å². The molecular formula is C15H26ClN5O. The number of nitrogens with one attached hydrogen (secondary N) is 1. The smallest absolute Gasteiger partial charge is 0.276 e. The molecule has 0 aliphatic carbocycles. The number of carbonyl (C=O) groups excluding carboxylic acids is 1. The molecule has 2 fully saturated rings. The van der Waals surface area contributed by atoms with Crippen LogP contribution in [0.4, 0.5) is 0 Å². The third-order valence-electron chi connectivity index (χ3n) is 4.87. The van der Waals surface area contributed by atoms with E-state index in [-0.39, 0.29) is 18.3 Å². The van der Waals surface area contributed by atoms with Gasteiger partial charge in [-0.1, -0.05) is 19.1 Å². The van der Waals surface area contributed by atoms with Crippen LogP contribution in [-0.2, 0) is 0 Å². The van der Waals surface area contributed by atoms with Crippen LogP contribution in [0.3, 0.4) is 0 Å². The zero-order chi connectivity index (χ0) is 14.8. The van der Waals surface area contributed by atoms with E-state index >= 15 is 0 Å². The summed E-state index contributed by atoms with van der Waals surface area (Å²) in [5.41, 5.74) is 0.498. The Morgan fingerprint density at radius 2 is 2.05 bits per heavy atom. The van der Waals surface area contributed by atoms with Crippen LogP contribution in [0.25, 0.3) is 0 Å². The Labute approximate surface area is 138 Å². The molecule has 1 atom stereocenters. The van der Waals surface area contributed by atoms with Crippen LogP contribution < -0.4 is 5.32 Å². The Kier molecular flexibility index (Phi) is 5.81. The highest BCUT2D eigenvalue weighted by molar-refractivity contribution is 5.92. The summed E-state index contributed by atoms with van der Waals surface area (Å²) in [5.74, 6) is 1.29. The van der Waals surface area contributed by atoms with E-state index < -0.39 is 0 Å². The van der Waals surface area contributed by atoms with Crippen LogP contribution in [-0.4, -0.2) is 52.0 Å². The zero-order valence-electron chi connectivity index (χ0n) is 13.4. The minimum Gasteiger partial charge on any atom is -0.337 e. The number of rotatable bonds is 3. The Bertz CT molecular complexity index is 498. The number of amides is 1. The number of hydrogen-bond acceptors (Lipinski definition) is 4. The van der Waals surface area contributed by atoms with Crippen molar-refractivity contribution in [1.82, 2.24) is 25.2 Å². The second-order valence-electron chi connectivity index (χ2n) is 6.61.